The Kier molecular flexibility index (Phi) is 4.78. The van der Waals surface area contributed by atoms with E-state index in [-0.39, 0.29) is 17.7 Å². The van der Waals surface area contributed by atoms with Gasteiger partial charge in [-0.3, -0.25) is 4.79 Å². The first kappa shape index (κ1) is 14.4. The van der Waals surface area contributed by atoms with Crippen LogP contribution in [-0.4, -0.2) is 23.3 Å². The Bertz CT molecular complexity index is 208. The maximum atomic E-state index is 11.5. The minimum Gasteiger partial charge on any atom is -0.460 e. The molecule has 0 aliphatic heterocycles. The molecule has 3 nitrogen and oxygen atoms in total. The molecule has 0 bridgehead atoms. The van der Waals surface area contributed by atoms with Gasteiger partial charge in [0.1, 0.15) is 5.60 Å². The predicted molar refractivity (Wildman–Crippen MR) is 60.8 cm³/mol. The summed E-state index contributed by atoms with van der Waals surface area (Å²) < 4.78 is 10.8. The summed E-state index contributed by atoms with van der Waals surface area (Å²) in [5.41, 5.74) is -0.639. The number of carbonyl (C=O) groups excluding carboxylic acids is 1. The van der Waals surface area contributed by atoms with Crippen LogP contribution < -0.4 is 0 Å². The van der Waals surface area contributed by atoms with Crippen molar-refractivity contribution in [3.05, 3.63) is 0 Å². The molecule has 0 saturated carbocycles. The van der Waals surface area contributed by atoms with E-state index in [4.69, 9.17) is 9.47 Å². The first-order valence-corrected chi connectivity index (χ1v) is 5.39. The highest BCUT2D eigenvalue weighted by molar-refractivity contribution is 5.70. The molecule has 1 unspecified atom stereocenters. The van der Waals surface area contributed by atoms with Gasteiger partial charge >= 0.3 is 5.97 Å². The van der Waals surface area contributed by atoms with Crippen molar-refractivity contribution in [3.63, 3.8) is 0 Å². The molecular formula is C12H24O3. The van der Waals surface area contributed by atoms with Crippen LogP contribution in [0.2, 0.25) is 0 Å². The second-order valence-electron chi connectivity index (χ2n) is 5.83. The summed E-state index contributed by atoms with van der Waals surface area (Å²) in [7, 11) is 0. The summed E-state index contributed by atoms with van der Waals surface area (Å²) in [6.07, 6.45) is 0.189. The third-order valence-electron chi connectivity index (χ3n) is 1.43. The van der Waals surface area contributed by atoms with Crippen LogP contribution in [0.5, 0.6) is 0 Å². The van der Waals surface area contributed by atoms with E-state index in [0.29, 0.717) is 6.42 Å². The number of carbonyl (C=O) groups is 1. The Morgan fingerprint density at radius 2 is 1.53 bits per heavy atom. The van der Waals surface area contributed by atoms with E-state index >= 15 is 0 Å². The first-order valence-electron chi connectivity index (χ1n) is 5.39. The van der Waals surface area contributed by atoms with Crippen molar-refractivity contribution in [2.75, 3.05) is 0 Å². The van der Waals surface area contributed by atoms with Crippen molar-refractivity contribution in [3.8, 4) is 0 Å². The smallest absolute Gasteiger partial charge is 0.308 e. The topological polar surface area (TPSA) is 35.5 Å². The van der Waals surface area contributed by atoms with Gasteiger partial charge in [-0.2, -0.15) is 0 Å². The largest absolute Gasteiger partial charge is 0.460 e. The van der Waals surface area contributed by atoms with Crippen LogP contribution in [-0.2, 0) is 14.3 Å². The summed E-state index contributed by atoms with van der Waals surface area (Å²) in [6.45, 7) is 13.4. The van der Waals surface area contributed by atoms with Crippen molar-refractivity contribution in [2.45, 2.75) is 72.2 Å². The zero-order valence-electron chi connectivity index (χ0n) is 11.0. The molecule has 0 aliphatic carbocycles. The van der Waals surface area contributed by atoms with Gasteiger partial charge in [-0.1, -0.05) is 0 Å². The van der Waals surface area contributed by atoms with E-state index in [9.17, 15) is 4.79 Å². The molecule has 0 radical (unpaired) electrons. The molecule has 0 aromatic heterocycles. The van der Waals surface area contributed by atoms with Crippen LogP contribution in [0.3, 0.4) is 0 Å². The normalized spacial score (nSPS) is 14.9. The summed E-state index contributed by atoms with van der Waals surface area (Å²) >= 11 is 0. The Hall–Kier alpha value is -0.570. The van der Waals surface area contributed by atoms with Gasteiger partial charge in [0.25, 0.3) is 0 Å². The van der Waals surface area contributed by atoms with Gasteiger partial charge in [0, 0.05) is 0 Å². The van der Waals surface area contributed by atoms with E-state index < -0.39 is 5.60 Å². The lowest BCUT2D eigenvalue weighted by Gasteiger charge is -2.26. The van der Waals surface area contributed by atoms with Gasteiger partial charge in [0.05, 0.1) is 18.1 Å². The Labute approximate surface area is 93.1 Å². The summed E-state index contributed by atoms with van der Waals surface area (Å²) in [6, 6.07) is 0. The lowest BCUT2D eigenvalue weighted by molar-refractivity contribution is -0.160. The van der Waals surface area contributed by atoms with Gasteiger partial charge < -0.3 is 9.47 Å². The first-order chi connectivity index (χ1) is 6.49. The fraction of sp³-hybridized carbons (Fsp3) is 0.917. The molecular weight excluding hydrogens is 192 g/mol. The van der Waals surface area contributed by atoms with Crippen LogP contribution >= 0.6 is 0 Å². The Balaban J connectivity index is 3.98. The summed E-state index contributed by atoms with van der Waals surface area (Å²) in [4.78, 5) is 11.5. The van der Waals surface area contributed by atoms with E-state index in [0.717, 1.165) is 0 Å². The van der Waals surface area contributed by atoms with Crippen LogP contribution in [0.1, 0.15) is 54.9 Å². The highest BCUT2D eigenvalue weighted by Gasteiger charge is 2.21. The van der Waals surface area contributed by atoms with E-state index in [1.165, 1.54) is 0 Å². The second kappa shape index (κ2) is 4.97. The number of hydrogen-bond donors (Lipinski definition) is 0. The molecule has 0 aromatic rings. The molecule has 0 spiro atoms. The van der Waals surface area contributed by atoms with Gasteiger partial charge in [-0.25, -0.2) is 0 Å². The zero-order chi connectivity index (χ0) is 12.3. The molecule has 1 atom stereocenters. The SMILES string of the molecule is CC(CC(=O)OC(C)(C)C)OC(C)(C)C. The van der Waals surface area contributed by atoms with Gasteiger partial charge in [-0.15, -0.1) is 0 Å². The Morgan fingerprint density at radius 1 is 1.07 bits per heavy atom. The molecule has 0 aliphatic rings. The van der Waals surface area contributed by atoms with Gasteiger partial charge in [0.2, 0.25) is 0 Å². The number of rotatable bonds is 3. The Morgan fingerprint density at radius 3 is 1.87 bits per heavy atom. The number of hydrogen-bond acceptors (Lipinski definition) is 3. The van der Waals surface area contributed by atoms with Crippen LogP contribution in [0.25, 0.3) is 0 Å². The molecule has 90 valence electrons. The molecule has 0 N–H and O–H groups in total. The minimum absolute atomic E-state index is 0.111. The second-order valence-corrected chi connectivity index (χ2v) is 5.83. The fourth-order valence-corrected chi connectivity index (χ4v) is 1.26. The van der Waals surface area contributed by atoms with Crippen molar-refractivity contribution >= 4 is 5.97 Å². The van der Waals surface area contributed by atoms with Gasteiger partial charge in [0.15, 0.2) is 0 Å². The summed E-state index contributed by atoms with van der Waals surface area (Å²) in [5.74, 6) is -0.209. The molecule has 0 heterocycles. The lowest BCUT2D eigenvalue weighted by atomic mass is 10.1. The van der Waals surface area contributed by atoms with Gasteiger partial charge in [-0.05, 0) is 48.5 Å². The zero-order valence-corrected chi connectivity index (χ0v) is 11.0. The quantitative estimate of drug-likeness (QED) is 0.680. The standard InChI is InChI=1S/C12H24O3/c1-9(14-11(2,3)4)8-10(13)15-12(5,6)7/h9H,8H2,1-7H3. The molecule has 3 heteroatoms. The van der Waals surface area contributed by atoms with E-state index in [2.05, 4.69) is 0 Å². The molecule has 0 rings (SSSR count). The van der Waals surface area contributed by atoms with Crippen LogP contribution in [0.15, 0.2) is 0 Å². The molecule has 0 fully saturated rings. The molecule has 0 saturated heterocycles. The third kappa shape index (κ3) is 9.73. The minimum atomic E-state index is -0.418. The maximum Gasteiger partial charge on any atom is 0.308 e. The monoisotopic (exact) mass is 216 g/mol. The van der Waals surface area contributed by atoms with E-state index in [1.54, 1.807) is 0 Å². The van der Waals surface area contributed by atoms with Crippen LogP contribution in [0.4, 0.5) is 0 Å². The van der Waals surface area contributed by atoms with Crippen molar-refractivity contribution in [1.82, 2.24) is 0 Å². The van der Waals surface area contributed by atoms with Crippen LogP contribution in [0, 0.1) is 0 Å². The maximum absolute atomic E-state index is 11.5. The van der Waals surface area contributed by atoms with Crippen molar-refractivity contribution in [1.29, 1.82) is 0 Å². The molecule has 0 amide bonds. The predicted octanol–water partition coefficient (Wildman–Crippen LogP) is 2.92. The van der Waals surface area contributed by atoms with Crippen molar-refractivity contribution in [2.24, 2.45) is 0 Å². The highest BCUT2D eigenvalue weighted by atomic mass is 16.6. The third-order valence-corrected chi connectivity index (χ3v) is 1.43. The number of esters is 1. The number of ether oxygens (including phenoxy) is 2. The molecule has 15 heavy (non-hydrogen) atoms. The average Bonchev–Trinajstić information content (AvgIpc) is 1.73. The highest BCUT2D eigenvalue weighted by Crippen LogP contribution is 2.15. The van der Waals surface area contributed by atoms with Crippen molar-refractivity contribution < 1.29 is 14.3 Å². The lowest BCUT2D eigenvalue weighted by Crippen LogP contribution is -2.30. The summed E-state index contributed by atoms with van der Waals surface area (Å²) in [5, 5.41) is 0. The molecule has 0 aromatic carbocycles. The fourth-order valence-electron chi connectivity index (χ4n) is 1.26. The van der Waals surface area contributed by atoms with E-state index in [1.807, 2.05) is 48.5 Å². The average molecular weight is 216 g/mol.